The number of aromatic nitrogens is 1. The van der Waals surface area contributed by atoms with Gasteiger partial charge in [-0.05, 0) is 116 Å². The Labute approximate surface area is 251 Å². The van der Waals surface area contributed by atoms with Crippen LogP contribution in [0.2, 0.25) is 0 Å². The Morgan fingerprint density at radius 1 is 0.767 bits per heavy atom. The lowest BCUT2D eigenvalue weighted by molar-refractivity contribution is 0.986. The van der Waals surface area contributed by atoms with E-state index in [1.165, 1.54) is 54.2 Å². The molecule has 43 heavy (non-hydrogen) atoms. The van der Waals surface area contributed by atoms with Crippen LogP contribution in [0, 0.1) is 0 Å². The fourth-order valence-corrected chi connectivity index (χ4v) is 6.81. The Bertz CT molecular complexity index is 2330. The van der Waals surface area contributed by atoms with Gasteiger partial charge in [0.15, 0.2) is 0 Å². The summed E-state index contributed by atoms with van der Waals surface area (Å²) in [6, 6.07) is 31.1. The van der Waals surface area contributed by atoms with Crippen molar-refractivity contribution in [2.45, 2.75) is 26.2 Å². The second-order valence-corrected chi connectivity index (χ2v) is 11.6. The third-order valence-corrected chi connectivity index (χ3v) is 9.00. The average molecular weight is 553 g/mol. The third kappa shape index (κ3) is 4.30. The predicted molar refractivity (Wildman–Crippen MR) is 186 cm³/mol. The Morgan fingerprint density at radius 3 is 2.49 bits per heavy atom. The first-order valence-corrected chi connectivity index (χ1v) is 15.2. The summed E-state index contributed by atoms with van der Waals surface area (Å²) in [4.78, 5) is 5.10. The Hall–Kier alpha value is -5.21. The van der Waals surface area contributed by atoms with Crippen molar-refractivity contribution in [3.63, 3.8) is 0 Å². The van der Waals surface area contributed by atoms with Crippen LogP contribution in [0.5, 0.6) is 0 Å². The Balaban J connectivity index is 1.31. The van der Waals surface area contributed by atoms with Gasteiger partial charge in [0, 0.05) is 5.39 Å². The van der Waals surface area contributed by atoms with E-state index in [0.29, 0.717) is 0 Å². The number of nitrogens with zero attached hydrogens (tertiary/aromatic N) is 1. The van der Waals surface area contributed by atoms with Gasteiger partial charge in [0.1, 0.15) is 0 Å². The van der Waals surface area contributed by atoms with Crippen LogP contribution in [0.4, 0.5) is 5.69 Å². The molecule has 0 unspecified atom stereocenters. The highest BCUT2D eigenvalue weighted by molar-refractivity contribution is 6.11. The molecule has 5 aromatic carbocycles. The highest BCUT2D eigenvalue weighted by atomic mass is 14.7. The van der Waals surface area contributed by atoms with Crippen molar-refractivity contribution in [1.82, 2.24) is 4.98 Å². The number of allylic oxidation sites excluding steroid dienone is 4. The molecule has 2 N–H and O–H groups in total. The number of hydrogen-bond donors (Lipinski definition) is 1. The fourth-order valence-electron chi connectivity index (χ4n) is 6.81. The summed E-state index contributed by atoms with van der Waals surface area (Å²) in [5.41, 5.74) is 16.5. The lowest BCUT2D eigenvalue weighted by Gasteiger charge is -2.14. The summed E-state index contributed by atoms with van der Waals surface area (Å²) >= 11 is 0. The van der Waals surface area contributed by atoms with E-state index in [4.69, 9.17) is 10.7 Å². The molecule has 0 radical (unpaired) electrons. The van der Waals surface area contributed by atoms with Crippen molar-refractivity contribution in [2.24, 2.45) is 0 Å². The van der Waals surface area contributed by atoms with Crippen molar-refractivity contribution in [1.29, 1.82) is 0 Å². The quantitative estimate of drug-likeness (QED) is 0.176. The molecule has 2 heteroatoms. The minimum Gasteiger partial charge on any atom is -0.396 e. The van der Waals surface area contributed by atoms with E-state index in [2.05, 4.69) is 115 Å². The van der Waals surface area contributed by atoms with Crippen LogP contribution in [0.3, 0.4) is 0 Å². The summed E-state index contributed by atoms with van der Waals surface area (Å²) in [6.07, 6.45) is 18.7. The summed E-state index contributed by atoms with van der Waals surface area (Å²) in [7, 11) is 0. The Kier molecular flexibility index (Phi) is 6.08. The minimum absolute atomic E-state index is 0.723. The standard InChI is InChI=1S/C41H32N2/c1-2-8-27-16-17-28-20-22-39(43-41(28)40(27)42)32-11-7-14-35-36-21-19-31(30-18-15-26-9-3-4-10-29(26)23-30)24-37(36)33-12-5-6-13-34(33)38(35)25-32/h2,4-6,8,10-25H,3,7,9,42H2,1H3/b8-2-. The van der Waals surface area contributed by atoms with Gasteiger partial charge in [-0.25, -0.2) is 4.98 Å². The number of fused-ring (bicyclic) bond motifs is 8. The SMILES string of the molecule is C/C=C\c1ccc2ccc(C3=CCC=c4c(c5ccccc5c5cc(-c6ccc7c(c6)C=CCC7)ccc45)=C3)nc2c1N. The molecule has 2 aliphatic carbocycles. The Morgan fingerprint density at radius 2 is 1.58 bits per heavy atom. The first kappa shape index (κ1) is 25.5. The van der Waals surface area contributed by atoms with Crippen LogP contribution < -0.4 is 16.2 Å². The van der Waals surface area contributed by atoms with Gasteiger partial charge in [-0.1, -0.05) is 103 Å². The molecule has 2 nitrogen and oxygen atoms in total. The lowest BCUT2D eigenvalue weighted by atomic mass is 9.91. The van der Waals surface area contributed by atoms with Crippen molar-refractivity contribution in [3.8, 4) is 11.1 Å². The molecule has 0 spiro atoms. The van der Waals surface area contributed by atoms with Crippen molar-refractivity contribution in [3.05, 3.63) is 136 Å². The lowest BCUT2D eigenvalue weighted by Crippen LogP contribution is -2.26. The van der Waals surface area contributed by atoms with E-state index in [-0.39, 0.29) is 0 Å². The summed E-state index contributed by atoms with van der Waals surface area (Å²) in [5.74, 6) is 0. The molecule has 6 aromatic rings. The molecule has 0 amide bonds. The van der Waals surface area contributed by atoms with Crippen LogP contribution >= 0.6 is 0 Å². The van der Waals surface area contributed by atoms with Crippen LogP contribution in [0.1, 0.15) is 42.1 Å². The molecule has 0 aliphatic heterocycles. The number of aryl methyl sites for hydroxylation is 1. The van der Waals surface area contributed by atoms with Gasteiger partial charge in [0.05, 0.1) is 16.9 Å². The first-order chi connectivity index (χ1) is 21.2. The predicted octanol–water partition coefficient (Wildman–Crippen LogP) is 8.83. The summed E-state index contributed by atoms with van der Waals surface area (Å²) in [6.45, 7) is 2.01. The molecule has 0 atom stereocenters. The van der Waals surface area contributed by atoms with Crippen LogP contribution in [-0.2, 0) is 6.42 Å². The van der Waals surface area contributed by atoms with Crippen LogP contribution in [-0.4, -0.2) is 4.98 Å². The monoisotopic (exact) mass is 552 g/mol. The maximum atomic E-state index is 6.58. The van der Waals surface area contributed by atoms with Crippen molar-refractivity contribution < 1.29 is 0 Å². The summed E-state index contributed by atoms with van der Waals surface area (Å²) < 4.78 is 0. The number of hydrogen-bond acceptors (Lipinski definition) is 2. The molecule has 1 heterocycles. The van der Waals surface area contributed by atoms with E-state index < -0.39 is 0 Å². The van der Waals surface area contributed by atoms with E-state index in [9.17, 15) is 0 Å². The molecule has 1 aromatic heterocycles. The summed E-state index contributed by atoms with van der Waals surface area (Å²) in [5, 5.41) is 8.70. The fraction of sp³-hybridized carbons (Fsp3) is 0.0976. The van der Waals surface area contributed by atoms with Crippen LogP contribution in [0.15, 0.2) is 103 Å². The molecule has 8 rings (SSSR count). The largest absolute Gasteiger partial charge is 0.396 e. The zero-order chi connectivity index (χ0) is 28.9. The molecular weight excluding hydrogens is 520 g/mol. The number of nitrogens with two attached hydrogens (primary N) is 1. The molecule has 206 valence electrons. The van der Waals surface area contributed by atoms with E-state index in [0.717, 1.165) is 52.7 Å². The average Bonchev–Trinajstić information content (AvgIpc) is 3.29. The highest BCUT2D eigenvalue weighted by Crippen LogP contribution is 2.32. The third-order valence-electron chi connectivity index (χ3n) is 9.00. The van der Waals surface area contributed by atoms with Gasteiger partial charge >= 0.3 is 0 Å². The highest BCUT2D eigenvalue weighted by Gasteiger charge is 2.13. The molecular formula is C41H32N2. The van der Waals surface area contributed by atoms with E-state index in [1.54, 1.807) is 0 Å². The van der Waals surface area contributed by atoms with Crippen LogP contribution in [0.25, 0.3) is 73.5 Å². The number of anilines is 1. The topological polar surface area (TPSA) is 38.9 Å². The number of nitrogen functional groups attached to an aromatic ring is 1. The number of rotatable bonds is 3. The van der Waals surface area contributed by atoms with E-state index >= 15 is 0 Å². The molecule has 0 bridgehead atoms. The zero-order valence-electron chi connectivity index (χ0n) is 24.3. The van der Waals surface area contributed by atoms with E-state index in [1.807, 2.05) is 19.1 Å². The van der Waals surface area contributed by atoms with Gasteiger partial charge in [0.25, 0.3) is 0 Å². The van der Waals surface area contributed by atoms with Gasteiger partial charge < -0.3 is 5.73 Å². The minimum atomic E-state index is 0.723. The van der Waals surface area contributed by atoms with Gasteiger partial charge in [0.2, 0.25) is 0 Å². The second kappa shape index (κ2) is 10.3. The molecule has 0 saturated carbocycles. The zero-order valence-corrected chi connectivity index (χ0v) is 24.3. The maximum absolute atomic E-state index is 6.58. The maximum Gasteiger partial charge on any atom is 0.0944 e. The number of benzene rings is 5. The molecule has 0 saturated heterocycles. The molecule has 2 aliphatic rings. The van der Waals surface area contributed by atoms with Crippen molar-refractivity contribution >= 4 is 68.0 Å². The van der Waals surface area contributed by atoms with Crippen molar-refractivity contribution in [2.75, 3.05) is 5.73 Å². The normalized spacial score (nSPS) is 14.3. The smallest absolute Gasteiger partial charge is 0.0944 e. The number of pyridine rings is 1. The first-order valence-electron chi connectivity index (χ1n) is 15.2. The molecule has 0 fully saturated rings. The van der Waals surface area contributed by atoms with Gasteiger partial charge in [-0.2, -0.15) is 0 Å². The second-order valence-electron chi connectivity index (χ2n) is 11.6. The van der Waals surface area contributed by atoms with Gasteiger partial charge in [-0.3, -0.25) is 0 Å². The van der Waals surface area contributed by atoms with Gasteiger partial charge in [-0.15, -0.1) is 0 Å².